The third-order valence-electron chi connectivity index (χ3n) is 5.61. The maximum Gasteiger partial charge on any atom is 0.374 e. The van der Waals surface area contributed by atoms with E-state index in [0.29, 0.717) is 9.63 Å². The van der Waals surface area contributed by atoms with Crippen molar-refractivity contribution in [1.29, 1.82) is 0 Å². The summed E-state index contributed by atoms with van der Waals surface area (Å²) in [5, 5.41) is 10.3. The number of hydrogen-bond acceptors (Lipinski definition) is 6. The van der Waals surface area contributed by atoms with Crippen LogP contribution in [-0.4, -0.2) is 32.5 Å². The lowest BCUT2D eigenvalue weighted by molar-refractivity contribution is -0.894. The maximum absolute atomic E-state index is 13.4. The van der Waals surface area contributed by atoms with Crippen LogP contribution in [0.4, 0.5) is 11.5 Å². The number of aromatic nitrogens is 1. The van der Waals surface area contributed by atoms with Gasteiger partial charge in [-0.15, -0.1) is 4.90 Å². The lowest BCUT2D eigenvalue weighted by Gasteiger charge is -2.19. The number of amides is 2. The number of fused-ring (bicyclic) bond motifs is 1. The van der Waals surface area contributed by atoms with Crippen molar-refractivity contribution in [2.24, 2.45) is 0 Å². The number of nitrogens with zero attached hydrogens (tertiary/aromatic N) is 2. The lowest BCUT2D eigenvalue weighted by Crippen LogP contribution is -2.43. The molecular weight excluding hydrogens is 494 g/mol. The van der Waals surface area contributed by atoms with Gasteiger partial charge in [0.2, 0.25) is 5.75 Å². The van der Waals surface area contributed by atoms with Crippen LogP contribution in [0.3, 0.4) is 0 Å². The Hall–Kier alpha value is -3.63. The fraction of sp³-hybridized carbons (Fsp3) is 0.208. The molecule has 0 saturated carbocycles. The summed E-state index contributed by atoms with van der Waals surface area (Å²) in [6.07, 6.45) is 1.22. The number of methoxy groups -OCH3 is 1. The molecule has 9 nitrogen and oxygen atoms in total. The minimum atomic E-state index is -4.11. The second-order valence-electron chi connectivity index (χ2n) is 8.92. The van der Waals surface area contributed by atoms with E-state index in [1.54, 1.807) is 12.1 Å². The third-order valence-corrected chi connectivity index (χ3v) is 7.30. The summed E-state index contributed by atoms with van der Waals surface area (Å²) >= 11 is 6.24. The van der Waals surface area contributed by atoms with Crippen molar-refractivity contribution in [2.45, 2.75) is 31.1 Å². The molecule has 11 heteroatoms. The number of benzene rings is 2. The molecule has 3 aromatic rings. The standard InChI is InChI=1S/C24H22ClN3O6S/c1-24(2,3)14-7-9-15(10-8-14)35(32,33)26-17-12-11-16(25)19-20(17)23(30)28(22(19)29)21-18(34-4)6-5-13-27(21)31/h5-13H,1-4H3,(H-,26,30,31)/p+1. The first-order valence-electron chi connectivity index (χ1n) is 10.5. The van der Waals surface area contributed by atoms with Crippen LogP contribution >= 0.6 is 11.6 Å². The minimum absolute atomic E-state index is 0.0132. The van der Waals surface area contributed by atoms with Gasteiger partial charge in [0.15, 0.2) is 0 Å². The van der Waals surface area contributed by atoms with Gasteiger partial charge >= 0.3 is 17.6 Å². The number of halogens is 1. The Morgan fingerprint density at radius 3 is 2.23 bits per heavy atom. The normalized spacial score (nSPS) is 13.7. The Balaban J connectivity index is 1.78. The predicted octanol–water partition coefficient (Wildman–Crippen LogP) is 3.77. The van der Waals surface area contributed by atoms with Crippen molar-refractivity contribution in [3.05, 3.63) is 76.4 Å². The Kier molecular flexibility index (Phi) is 5.98. The van der Waals surface area contributed by atoms with Crippen molar-refractivity contribution >= 4 is 44.9 Å². The molecule has 0 saturated heterocycles. The van der Waals surface area contributed by atoms with Gasteiger partial charge in [-0.3, -0.25) is 4.72 Å². The first-order chi connectivity index (χ1) is 16.4. The summed E-state index contributed by atoms with van der Waals surface area (Å²) in [5.41, 5.74) is 0.249. The lowest BCUT2D eigenvalue weighted by atomic mass is 9.87. The summed E-state index contributed by atoms with van der Waals surface area (Å²) < 4.78 is 34.4. The SMILES string of the molecule is COc1ccc[n+](O)c1N1C(=O)c2c(Cl)ccc(NS(=O)(=O)c3ccc(C(C)(C)C)cc3)c2C1=O. The van der Waals surface area contributed by atoms with E-state index in [1.807, 2.05) is 20.8 Å². The Morgan fingerprint density at radius 2 is 1.63 bits per heavy atom. The Labute approximate surface area is 207 Å². The van der Waals surface area contributed by atoms with E-state index in [1.165, 1.54) is 49.7 Å². The van der Waals surface area contributed by atoms with Gasteiger partial charge in [-0.05, 0) is 52.1 Å². The molecule has 0 atom stereocenters. The maximum atomic E-state index is 13.4. The summed E-state index contributed by atoms with van der Waals surface area (Å²) in [6, 6.07) is 11.9. The second-order valence-corrected chi connectivity index (χ2v) is 11.0. The highest BCUT2D eigenvalue weighted by Crippen LogP contribution is 2.39. The molecule has 0 fully saturated rings. The molecule has 2 amide bonds. The van der Waals surface area contributed by atoms with E-state index < -0.39 is 21.8 Å². The molecule has 1 aliphatic rings. The monoisotopic (exact) mass is 516 g/mol. The molecule has 2 aromatic carbocycles. The van der Waals surface area contributed by atoms with Crippen LogP contribution in [0, 0.1) is 0 Å². The van der Waals surface area contributed by atoms with Gasteiger partial charge in [-0.1, -0.05) is 44.5 Å². The van der Waals surface area contributed by atoms with Crippen molar-refractivity contribution in [2.75, 3.05) is 16.7 Å². The number of carbonyl (C=O) groups is 2. The Bertz CT molecular complexity index is 1460. The zero-order valence-electron chi connectivity index (χ0n) is 19.4. The summed E-state index contributed by atoms with van der Waals surface area (Å²) in [6.45, 7) is 6.04. The molecular formula is C24H23ClN3O6S+. The van der Waals surface area contributed by atoms with Crippen LogP contribution in [0.1, 0.15) is 47.1 Å². The van der Waals surface area contributed by atoms with E-state index in [4.69, 9.17) is 16.3 Å². The number of pyridine rings is 1. The number of carbonyl (C=O) groups excluding carboxylic acids is 2. The fourth-order valence-electron chi connectivity index (χ4n) is 3.78. The Morgan fingerprint density at radius 1 is 1.00 bits per heavy atom. The highest BCUT2D eigenvalue weighted by atomic mass is 35.5. The van der Waals surface area contributed by atoms with Crippen molar-refractivity contribution < 1.29 is 32.7 Å². The minimum Gasteiger partial charge on any atom is -0.489 e. The molecule has 0 spiro atoms. The van der Waals surface area contributed by atoms with E-state index in [0.717, 1.165) is 5.56 Å². The molecule has 0 bridgehead atoms. The van der Waals surface area contributed by atoms with Crippen LogP contribution in [0.15, 0.2) is 59.6 Å². The quantitative estimate of drug-likeness (QED) is 0.303. The average Bonchev–Trinajstić information content (AvgIpc) is 3.06. The zero-order valence-corrected chi connectivity index (χ0v) is 20.9. The first-order valence-corrected chi connectivity index (χ1v) is 12.4. The summed E-state index contributed by atoms with van der Waals surface area (Å²) in [4.78, 5) is 27.3. The largest absolute Gasteiger partial charge is 0.489 e. The number of anilines is 2. The summed E-state index contributed by atoms with van der Waals surface area (Å²) in [5.74, 6) is -1.91. The van der Waals surface area contributed by atoms with E-state index in [9.17, 15) is 23.2 Å². The molecule has 35 heavy (non-hydrogen) atoms. The molecule has 0 aliphatic carbocycles. The molecule has 182 valence electrons. The van der Waals surface area contributed by atoms with Crippen molar-refractivity contribution in [1.82, 2.24) is 0 Å². The molecule has 0 unspecified atom stereocenters. The average molecular weight is 517 g/mol. The van der Waals surface area contributed by atoms with Crippen molar-refractivity contribution in [3.8, 4) is 5.75 Å². The van der Waals surface area contributed by atoms with Gasteiger partial charge in [0, 0.05) is 0 Å². The number of rotatable bonds is 5. The van der Waals surface area contributed by atoms with Gasteiger partial charge < -0.3 is 9.94 Å². The third kappa shape index (κ3) is 4.19. The van der Waals surface area contributed by atoms with E-state index in [-0.39, 0.29) is 43.7 Å². The van der Waals surface area contributed by atoms with Crippen LogP contribution < -0.4 is 19.1 Å². The second kappa shape index (κ2) is 8.54. The number of ether oxygens (including phenoxy) is 1. The van der Waals surface area contributed by atoms with Crippen LogP contribution in [0.5, 0.6) is 5.75 Å². The van der Waals surface area contributed by atoms with E-state index >= 15 is 0 Å². The van der Waals surface area contributed by atoms with E-state index in [2.05, 4.69) is 4.72 Å². The van der Waals surface area contributed by atoms with Gasteiger partial charge in [0.1, 0.15) is 17.3 Å². The van der Waals surface area contributed by atoms with Gasteiger partial charge in [-0.25, -0.2) is 18.0 Å². The molecule has 2 heterocycles. The smallest absolute Gasteiger partial charge is 0.374 e. The highest BCUT2D eigenvalue weighted by molar-refractivity contribution is 7.92. The number of hydrogen-bond donors (Lipinski definition) is 2. The van der Waals surface area contributed by atoms with Crippen LogP contribution in [-0.2, 0) is 15.4 Å². The number of nitrogens with one attached hydrogen (secondary N) is 1. The first kappa shape index (κ1) is 24.5. The zero-order chi connectivity index (χ0) is 25.7. The number of imide groups is 1. The van der Waals surface area contributed by atoms with Gasteiger partial charge in [-0.2, -0.15) is 0 Å². The highest BCUT2D eigenvalue weighted by Gasteiger charge is 2.50. The van der Waals surface area contributed by atoms with Crippen LogP contribution in [0.25, 0.3) is 0 Å². The fourth-order valence-corrected chi connectivity index (χ4v) is 5.09. The predicted molar refractivity (Wildman–Crippen MR) is 129 cm³/mol. The number of sulfonamides is 1. The molecule has 4 rings (SSSR count). The molecule has 1 aromatic heterocycles. The topological polar surface area (TPSA) is 117 Å². The van der Waals surface area contributed by atoms with Gasteiger partial charge in [0.25, 0.3) is 10.0 Å². The molecule has 2 N–H and O–H groups in total. The van der Waals surface area contributed by atoms with Crippen molar-refractivity contribution in [3.63, 3.8) is 0 Å². The van der Waals surface area contributed by atoms with Gasteiger partial charge in [0.05, 0.1) is 22.7 Å². The molecule has 0 radical (unpaired) electrons. The summed E-state index contributed by atoms with van der Waals surface area (Å²) in [7, 11) is -2.79. The molecule has 1 aliphatic heterocycles. The van der Waals surface area contributed by atoms with Crippen LogP contribution in [0.2, 0.25) is 5.02 Å².